The number of carboxylic acid groups (broad SMARTS) is 1. The molecule has 0 radical (unpaired) electrons. The highest BCUT2D eigenvalue weighted by Crippen LogP contribution is 2.18. The van der Waals surface area contributed by atoms with E-state index in [1.165, 1.54) is 0 Å². The molecule has 0 aromatic rings. The lowest BCUT2D eigenvalue weighted by Gasteiger charge is -2.30. The van der Waals surface area contributed by atoms with E-state index >= 15 is 0 Å². The summed E-state index contributed by atoms with van der Waals surface area (Å²) in [6, 6.07) is -1.13. The van der Waals surface area contributed by atoms with E-state index in [0.29, 0.717) is 19.4 Å². The summed E-state index contributed by atoms with van der Waals surface area (Å²) < 4.78 is 0. The molecule has 1 saturated heterocycles. The van der Waals surface area contributed by atoms with Crippen molar-refractivity contribution in [1.82, 2.24) is 10.2 Å². The van der Waals surface area contributed by atoms with Crippen molar-refractivity contribution in [3.8, 4) is 0 Å². The van der Waals surface area contributed by atoms with Crippen molar-refractivity contribution in [3.05, 3.63) is 0 Å². The van der Waals surface area contributed by atoms with Gasteiger partial charge in [0.2, 0.25) is 11.8 Å². The molecule has 0 aromatic carbocycles. The molecule has 0 spiro atoms. The van der Waals surface area contributed by atoms with Crippen molar-refractivity contribution in [2.45, 2.75) is 38.1 Å². The summed E-state index contributed by atoms with van der Waals surface area (Å²) in [5.74, 6) is -2.24. The number of piperidine rings is 1. The fraction of sp³-hybridized carbons (Fsp3) is 0.636. The van der Waals surface area contributed by atoms with Gasteiger partial charge in [-0.05, 0) is 19.3 Å². The number of hydrogen-bond donors (Lipinski definition) is 4. The van der Waals surface area contributed by atoms with Crippen molar-refractivity contribution < 1.29 is 19.5 Å². The third kappa shape index (κ3) is 4.23. The Labute approximate surface area is 110 Å². The Hall–Kier alpha value is -2.12. The SMILES string of the molecule is N=C(N)NCCC[C@@H](C(=O)O)N1C(=O)CCCC1=O. The number of hydrogen-bond acceptors (Lipinski definition) is 4. The highest BCUT2D eigenvalue weighted by atomic mass is 16.4. The van der Waals surface area contributed by atoms with Gasteiger partial charge in [-0.3, -0.25) is 19.9 Å². The molecule has 0 aromatic heterocycles. The van der Waals surface area contributed by atoms with Crippen LogP contribution in [0.25, 0.3) is 0 Å². The maximum Gasteiger partial charge on any atom is 0.326 e. The van der Waals surface area contributed by atoms with Gasteiger partial charge in [0, 0.05) is 19.4 Å². The van der Waals surface area contributed by atoms with Gasteiger partial charge >= 0.3 is 5.97 Å². The molecule has 1 aliphatic rings. The molecule has 2 amide bonds. The van der Waals surface area contributed by atoms with Crippen molar-refractivity contribution in [1.29, 1.82) is 5.41 Å². The summed E-state index contributed by atoms with van der Waals surface area (Å²) >= 11 is 0. The third-order valence-corrected chi connectivity index (χ3v) is 2.89. The van der Waals surface area contributed by atoms with E-state index in [1.54, 1.807) is 0 Å². The summed E-state index contributed by atoms with van der Waals surface area (Å²) in [6.07, 6.45) is 1.44. The lowest BCUT2D eigenvalue weighted by molar-refractivity contribution is -0.160. The maximum absolute atomic E-state index is 11.7. The Balaban J connectivity index is 2.60. The number of nitrogens with two attached hydrogens (primary N) is 1. The van der Waals surface area contributed by atoms with Crippen LogP contribution in [0, 0.1) is 5.41 Å². The molecule has 19 heavy (non-hydrogen) atoms. The molecule has 1 atom stereocenters. The number of likely N-dealkylation sites (tertiary alicyclic amines) is 1. The van der Waals surface area contributed by atoms with Crippen LogP contribution in [-0.4, -0.2) is 46.3 Å². The number of carbonyl (C=O) groups excluding carboxylic acids is 2. The smallest absolute Gasteiger partial charge is 0.326 e. The van der Waals surface area contributed by atoms with Crippen LogP contribution in [0.2, 0.25) is 0 Å². The summed E-state index contributed by atoms with van der Waals surface area (Å²) in [7, 11) is 0. The monoisotopic (exact) mass is 270 g/mol. The third-order valence-electron chi connectivity index (χ3n) is 2.89. The van der Waals surface area contributed by atoms with Crippen molar-refractivity contribution >= 4 is 23.7 Å². The minimum Gasteiger partial charge on any atom is -0.480 e. The normalized spacial score (nSPS) is 17.2. The Kier molecular flexibility index (Phi) is 5.28. The molecule has 8 nitrogen and oxygen atoms in total. The zero-order valence-electron chi connectivity index (χ0n) is 10.5. The molecule has 1 rings (SSSR count). The second-order valence-corrected chi connectivity index (χ2v) is 4.35. The molecule has 1 aliphatic heterocycles. The summed E-state index contributed by atoms with van der Waals surface area (Å²) in [5.41, 5.74) is 5.09. The quantitative estimate of drug-likeness (QED) is 0.217. The van der Waals surface area contributed by atoms with E-state index in [4.69, 9.17) is 16.2 Å². The Bertz CT molecular complexity index is 380. The molecule has 5 N–H and O–H groups in total. The average Bonchev–Trinajstić information content (AvgIpc) is 2.30. The van der Waals surface area contributed by atoms with Crippen LogP contribution in [0.15, 0.2) is 0 Å². The highest BCUT2D eigenvalue weighted by molar-refractivity contribution is 6.01. The number of nitrogens with one attached hydrogen (secondary N) is 2. The van der Waals surface area contributed by atoms with Crippen molar-refractivity contribution in [3.63, 3.8) is 0 Å². The minimum absolute atomic E-state index is 0.146. The van der Waals surface area contributed by atoms with Gasteiger partial charge in [0.1, 0.15) is 6.04 Å². The number of imide groups is 1. The van der Waals surface area contributed by atoms with Gasteiger partial charge in [0.25, 0.3) is 0 Å². The number of aliphatic carboxylic acids is 1. The summed E-state index contributed by atoms with van der Waals surface area (Å²) in [5, 5.41) is 18.6. The van der Waals surface area contributed by atoms with Crippen LogP contribution in [0.1, 0.15) is 32.1 Å². The topological polar surface area (TPSA) is 137 Å². The lowest BCUT2D eigenvalue weighted by Crippen LogP contribution is -2.50. The van der Waals surface area contributed by atoms with Crippen molar-refractivity contribution in [2.75, 3.05) is 6.54 Å². The van der Waals surface area contributed by atoms with Gasteiger partial charge in [-0.15, -0.1) is 0 Å². The maximum atomic E-state index is 11.7. The van der Waals surface area contributed by atoms with E-state index in [9.17, 15) is 14.4 Å². The molecular weight excluding hydrogens is 252 g/mol. The van der Waals surface area contributed by atoms with Gasteiger partial charge in [0.15, 0.2) is 5.96 Å². The van der Waals surface area contributed by atoms with Crippen molar-refractivity contribution in [2.24, 2.45) is 5.73 Å². The minimum atomic E-state index is -1.19. The first kappa shape index (κ1) is 14.9. The molecule has 106 valence electrons. The standard InChI is InChI=1S/C11H18N4O4/c12-11(13)14-6-2-3-7(10(18)19)15-8(16)4-1-5-9(15)17/h7H,1-6H2,(H,18,19)(H4,12,13,14)/t7-/m0/s1. The average molecular weight is 270 g/mol. The molecule has 8 heteroatoms. The first-order chi connectivity index (χ1) is 8.93. The first-order valence-corrected chi connectivity index (χ1v) is 6.09. The number of amides is 2. The van der Waals surface area contributed by atoms with E-state index in [2.05, 4.69) is 5.32 Å². The highest BCUT2D eigenvalue weighted by Gasteiger charge is 2.36. The van der Waals surface area contributed by atoms with Gasteiger partial charge in [0.05, 0.1) is 0 Å². The van der Waals surface area contributed by atoms with E-state index in [0.717, 1.165) is 4.90 Å². The second-order valence-electron chi connectivity index (χ2n) is 4.35. The predicted octanol–water partition coefficient (Wildman–Crippen LogP) is -0.758. The van der Waals surface area contributed by atoms with E-state index in [1.807, 2.05) is 0 Å². The summed E-state index contributed by atoms with van der Waals surface area (Å²) in [6.45, 7) is 0.329. The second kappa shape index (κ2) is 6.72. The Morgan fingerprint density at radius 3 is 2.47 bits per heavy atom. The van der Waals surface area contributed by atoms with Gasteiger partial charge in [-0.25, -0.2) is 4.79 Å². The summed E-state index contributed by atoms with van der Waals surface area (Å²) in [4.78, 5) is 35.4. The molecular formula is C11H18N4O4. The molecule has 0 unspecified atom stereocenters. The molecule has 0 aliphatic carbocycles. The number of rotatable bonds is 6. The van der Waals surface area contributed by atoms with Crippen LogP contribution in [0.5, 0.6) is 0 Å². The van der Waals surface area contributed by atoms with E-state index < -0.39 is 23.8 Å². The van der Waals surface area contributed by atoms with Gasteiger partial charge < -0.3 is 16.2 Å². The zero-order chi connectivity index (χ0) is 14.4. The van der Waals surface area contributed by atoms with E-state index in [-0.39, 0.29) is 25.2 Å². The molecule has 0 saturated carbocycles. The predicted molar refractivity (Wildman–Crippen MR) is 66.3 cm³/mol. The number of carboxylic acids is 1. The molecule has 1 fully saturated rings. The number of carbonyl (C=O) groups is 3. The van der Waals surface area contributed by atoms with Crippen LogP contribution >= 0.6 is 0 Å². The number of guanidine groups is 1. The Morgan fingerprint density at radius 1 is 1.42 bits per heavy atom. The van der Waals surface area contributed by atoms with Gasteiger partial charge in [-0.1, -0.05) is 0 Å². The van der Waals surface area contributed by atoms with Crippen LogP contribution in [-0.2, 0) is 14.4 Å². The molecule has 0 bridgehead atoms. The van der Waals surface area contributed by atoms with Crippen LogP contribution in [0.3, 0.4) is 0 Å². The first-order valence-electron chi connectivity index (χ1n) is 6.09. The largest absolute Gasteiger partial charge is 0.480 e. The zero-order valence-corrected chi connectivity index (χ0v) is 10.5. The van der Waals surface area contributed by atoms with Crippen LogP contribution in [0.4, 0.5) is 0 Å². The number of nitrogens with zero attached hydrogens (tertiary/aromatic N) is 1. The fourth-order valence-electron chi connectivity index (χ4n) is 2.00. The Morgan fingerprint density at radius 2 is 2.00 bits per heavy atom. The van der Waals surface area contributed by atoms with Gasteiger partial charge in [-0.2, -0.15) is 0 Å². The lowest BCUT2D eigenvalue weighted by atomic mass is 10.0. The molecule has 1 heterocycles. The fourth-order valence-corrected chi connectivity index (χ4v) is 2.00. The van der Waals surface area contributed by atoms with Crippen LogP contribution < -0.4 is 11.1 Å².